The molecule has 2 unspecified atom stereocenters. The van der Waals surface area contributed by atoms with Crippen LogP contribution in [-0.4, -0.2) is 29.3 Å². The number of benzene rings is 1. The largest absolute Gasteiger partial charge is 0.369 e. The van der Waals surface area contributed by atoms with Crippen molar-refractivity contribution in [3.05, 3.63) is 31.8 Å². The van der Waals surface area contributed by atoms with Crippen molar-refractivity contribution in [3.8, 4) is 0 Å². The highest BCUT2D eigenvalue weighted by molar-refractivity contribution is 14.1. The van der Waals surface area contributed by atoms with Crippen molar-refractivity contribution >= 4 is 50.3 Å². The van der Waals surface area contributed by atoms with E-state index in [1.165, 1.54) is 0 Å². The third kappa shape index (κ3) is 3.33. The van der Waals surface area contributed by atoms with E-state index in [-0.39, 0.29) is 23.8 Å². The van der Waals surface area contributed by atoms with Gasteiger partial charge in [-0.05, 0) is 76.5 Å². The minimum atomic E-state index is -0.323. The summed E-state index contributed by atoms with van der Waals surface area (Å²) in [5.41, 5.74) is 6.01. The second-order valence-corrected chi connectivity index (χ2v) is 7.21. The van der Waals surface area contributed by atoms with Gasteiger partial charge in [0.15, 0.2) is 0 Å². The van der Waals surface area contributed by atoms with E-state index in [9.17, 15) is 9.59 Å². The Balaban J connectivity index is 2.26. The quantitative estimate of drug-likeness (QED) is 0.704. The number of carbonyl (C=O) groups excluding carboxylic acids is 2. The van der Waals surface area contributed by atoms with Gasteiger partial charge in [0.1, 0.15) is 0 Å². The molecule has 1 aliphatic rings. The van der Waals surface area contributed by atoms with Crippen LogP contribution in [0, 0.1) is 9.49 Å². The average Bonchev–Trinajstić information content (AvgIpc) is 2.41. The fraction of sp³-hybridized carbons (Fsp3) is 0.429. The number of rotatable bonds is 2. The second kappa shape index (κ2) is 6.43. The van der Waals surface area contributed by atoms with E-state index in [2.05, 4.69) is 38.5 Å². The second-order valence-electron chi connectivity index (χ2n) is 5.11. The van der Waals surface area contributed by atoms with Gasteiger partial charge in [0.05, 0.1) is 11.5 Å². The zero-order valence-corrected chi connectivity index (χ0v) is 14.8. The molecule has 108 valence electrons. The van der Waals surface area contributed by atoms with Crippen LogP contribution < -0.4 is 5.73 Å². The van der Waals surface area contributed by atoms with Crippen molar-refractivity contribution in [3.63, 3.8) is 0 Å². The van der Waals surface area contributed by atoms with Crippen molar-refractivity contribution in [1.82, 2.24) is 4.90 Å². The van der Waals surface area contributed by atoms with Crippen molar-refractivity contribution in [2.75, 3.05) is 6.54 Å². The molecule has 0 spiro atoms. The molecule has 6 heteroatoms. The first-order valence-corrected chi connectivity index (χ1v) is 8.32. The van der Waals surface area contributed by atoms with Crippen molar-refractivity contribution in [1.29, 1.82) is 0 Å². The van der Waals surface area contributed by atoms with Gasteiger partial charge < -0.3 is 10.6 Å². The number of carbonyl (C=O) groups is 2. The Morgan fingerprint density at radius 2 is 2.10 bits per heavy atom. The lowest BCUT2D eigenvalue weighted by atomic mass is 9.92. The first-order chi connectivity index (χ1) is 9.40. The maximum absolute atomic E-state index is 12.7. The molecule has 0 aliphatic carbocycles. The molecule has 2 amide bonds. The van der Waals surface area contributed by atoms with Crippen LogP contribution in [0.4, 0.5) is 0 Å². The fourth-order valence-electron chi connectivity index (χ4n) is 2.44. The van der Waals surface area contributed by atoms with Gasteiger partial charge in [0, 0.05) is 20.6 Å². The predicted molar refractivity (Wildman–Crippen MR) is 89.3 cm³/mol. The van der Waals surface area contributed by atoms with E-state index < -0.39 is 0 Å². The van der Waals surface area contributed by atoms with Gasteiger partial charge in [-0.2, -0.15) is 0 Å². The molecule has 0 aromatic heterocycles. The number of piperidine rings is 1. The lowest BCUT2D eigenvalue weighted by Crippen LogP contribution is -2.48. The number of nitrogens with zero attached hydrogens (tertiary/aromatic N) is 1. The van der Waals surface area contributed by atoms with Crippen LogP contribution >= 0.6 is 38.5 Å². The summed E-state index contributed by atoms with van der Waals surface area (Å²) in [6, 6.07) is 5.79. The van der Waals surface area contributed by atoms with Gasteiger partial charge in [0.2, 0.25) is 5.91 Å². The zero-order chi connectivity index (χ0) is 14.9. The van der Waals surface area contributed by atoms with Crippen LogP contribution in [0.1, 0.15) is 30.1 Å². The molecular formula is C14H16BrIN2O2. The summed E-state index contributed by atoms with van der Waals surface area (Å²) < 4.78 is 1.78. The molecule has 2 N–H and O–H groups in total. The number of hydrogen-bond acceptors (Lipinski definition) is 2. The lowest BCUT2D eigenvalue weighted by Gasteiger charge is -2.37. The molecular weight excluding hydrogens is 435 g/mol. The third-order valence-corrected chi connectivity index (χ3v) is 5.07. The van der Waals surface area contributed by atoms with E-state index in [1.54, 1.807) is 4.90 Å². The monoisotopic (exact) mass is 450 g/mol. The summed E-state index contributed by atoms with van der Waals surface area (Å²) >= 11 is 5.60. The molecule has 1 aromatic carbocycles. The van der Waals surface area contributed by atoms with Crippen LogP contribution in [0.3, 0.4) is 0 Å². The summed E-state index contributed by atoms with van der Waals surface area (Å²) in [5.74, 6) is -0.609. The maximum Gasteiger partial charge on any atom is 0.255 e. The minimum Gasteiger partial charge on any atom is -0.369 e. The number of hydrogen-bond donors (Lipinski definition) is 1. The van der Waals surface area contributed by atoms with Crippen LogP contribution in [-0.2, 0) is 4.79 Å². The Morgan fingerprint density at radius 1 is 1.40 bits per heavy atom. The van der Waals surface area contributed by atoms with E-state index in [1.807, 2.05) is 25.1 Å². The smallest absolute Gasteiger partial charge is 0.255 e. The number of halogens is 2. The third-order valence-electron chi connectivity index (χ3n) is 3.70. The van der Waals surface area contributed by atoms with Gasteiger partial charge in [-0.1, -0.05) is 0 Å². The van der Waals surface area contributed by atoms with Crippen molar-refractivity contribution < 1.29 is 9.59 Å². The van der Waals surface area contributed by atoms with Gasteiger partial charge in [-0.3, -0.25) is 9.59 Å². The molecule has 1 aromatic rings. The average molecular weight is 451 g/mol. The predicted octanol–water partition coefficient (Wildman–Crippen LogP) is 2.78. The standard InChI is InChI=1S/C14H16BrIN2O2/c1-8-2-3-9(13(17)19)7-18(8)14(20)11-6-10(16)4-5-12(11)15/h4-6,8-9H,2-3,7H2,1H3,(H2,17,19). The van der Waals surface area contributed by atoms with E-state index >= 15 is 0 Å². The molecule has 1 aliphatic heterocycles. The minimum absolute atomic E-state index is 0.0474. The lowest BCUT2D eigenvalue weighted by molar-refractivity contribution is -0.123. The zero-order valence-electron chi connectivity index (χ0n) is 11.1. The SMILES string of the molecule is CC1CCC(C(N)=O)CN1C(=O)c1cc(I)ccc1Br. The molecule has 20 heavy (non-hydrogen) atoms. The van der Waals surface area contributed by atoms with Crippen molar-refractivity contribution in [2.45, 2.75) is 25.8 Å². The summed E-state index contributed by atoms with van der Waals surface area (Å²) in [5, 5.41) is 0. The first-order valence-electron chi connectivity index (χ1n) is 6.45. The summed E-state index contributed by atoms with van der Waals surface area (Å²) in [4.78, 5) is 25.8. The highest BCUT2D eigenvalue weighted by atomic mass is 127. The van der Waals surface area contributed by atoms with Gasteiger partial charge in [-0.25, -0.2) is 0 Å². The van der Waals surface area contributed by atoms with E-state index in [4.69, 9.17) is 5.73 Å². The maximum atomic E-state index is 12.7. The molecule has 2 rings (SSSR count). The van der Waals surface area contributed by atoms with Gasteiger partial charge >= 0.3 is 0 Å². The summed E-state index contributed by atoms with van der Waals surface area (Å²) in [7, 11) is 0. The fourth-order valence-corrected chi connectivity index (χ4v) is 3.35. The normalized spacial score (nSPS) is 22.6. The summed E-state index contributed by atoms with van der Waals surface area (Å²) in [6.07, 6.45) is 1.56. The molecule has 0 saturated carbocycles. The number of primary amides is 1. The molecule has 1 fully saturated rings. The van der Waals surface area contributed by atoms with Gasteiger partial charge in [0.25, 0.3) is 5.91 Å². The molecule has 2 atom stereocenters. The van der Waals surface area contributed by atoms with Crippen LogP contribution in [0.2, 0.25) is 0 Å². The van der Waals surface area contributed by atoms with Crippen LogP contribution in [0.25, 0.3) is 0 Å². The Hall–Kier alpha value is -0.630. The highest BCUT2D eigenvalue weighted by Crippen LogP contribution is 2.27. The molecule has 1 heterocycles. The van der Waals surface area contributed by atoms with E-state index in [0.29, 0.717) is 12.1 Å². The van der Waals surface area contributed by atoms with Gasteiger partial charge in [-0.15, -0.1) is 0 Å². The molecule has 1 saturated heterocycles. The topological polar surface area (TPSA) is 63.4 Å². The number of likely N-dealkylation sites (tertiary alicyclic amines) is 1. The highest BCUT2D eigenvalue weighted by Gasteiger charge is 2.32. The number of nitrogens with two attached hydrogens (primary N) is 1. The Bertz CT molecular complexity index is 550. The molecule has 4 nitrogen and oxygen atoms in total. The van der Waals surface area contributed by atoms with Crippen LogP contribution in [0.5, 0.6) is 0 Å². The number of amides is 2. The Morgan fingerprint density at radius 3 is 2.75 bits per heavy atom. The Labute approximate surface area is 140 Å². The first kappa shape index (κ1) is 15.8. The Kier molecular flexibility index (Phi) is 5.06. The molecule has 0 radical (unpaired) electrons. The summed E-state index contributed by atoms with van der Waals surface area (Å²) in [6.45, 7) is 2.42. The molecule has 0 bridgehead atoms. The van der Waals surface area contributed by atoms with E-state index in [0.717, 1.165) is 20.9 Å². The van der Waals surface area contributed by atoms with Crippen molar-refractivity contribution in [2.24, 2.45) is 11.7 Å². The van der Waals surface area contributed by atoms with Crippen LogP contribution in [0.15, 0.2) is 22.7 Å².